The van der Waals surface area contributed by atoms with Gasteiger partial charge in [-0.25, -0.2) is 9.79 Å². The summed E-state index contributed by atoms with van der Waals surface area (Å²) in [7, 11) is 0. The van der Waals surface area contributed by atoms with E-state index in [1.54, 1.807) is 25.1 Å². The molecule has 184 valence electrons. The molecule has 35 heavy (non-hydrogen) atoms. The second-order valence-electron chi connectivity index (χ2n) is 7.70. The molecular weight excluding hydrogens is 509 g/mol. The Bertz CT molecular complexity index is 1200. The minimum absolute atomic E-state index is 0.0981. The van der Waals surface area contributed by atoms with Gasteiger partial charge in [0.1, 0.15) is 23.0 Å². The summed E-state index contributed by atoms with van der Waals surface area (Å²) in [6.07, 6.45) is 2.45. The van der Waals surface area contributed by atoms with Gasteiger partial charge in [0, 0.05) is 6.42 Å². The average molecular weight is 534 g/mol. The van der Waals surface area contributed by atoms with E-state index >= 15 is 0 Å². The van der Waals surface area contributed by atoms with Gasteiger partial charge in [0.25, 0.3) is 0 Å². The van der Waals surface area contributed by atoms with E-state index in [4.69, 9.17) is 32.7 Å². The first-order chi connectivity index (χ1) is 16.7. The van der Waals surface area contributed by atoms with Gasteiger partial charge in [0.15, 0.2) is 5.75 Å². The van der Waals surface area contributed by atoms with Crippen LogP contribution in [0.3, 0.4) is 0 Å². The van der Waals surface area contributed by atoms with Crippen molar-refractivity contribution in [2.24, 2.45) is 4.99 Å². The number of ether oxygens (including phenoxy) is 2. The number of nitrogens with zero attached hydrogens (tertiary/aromatic N) is 1. The van der Waals surface area contributed by atoms with Crippen LogP contribution < -0.4 is 4.74 Å². The van der Waals surface area contributed by atoms with Crippen molar-refractivity contribution in [3.63, 3.8) is 0 Å². The Labute approximate surface area is 218 Å². The number of thioether (sulfide) groups is 1. The molecule has 0 fully saturated rings. The molecule has 1 amide bonds. The minimum atomic E-state index is -0.750. The third-order valence-electron chi connectivity index (χ3n) is 4.88. The van der Waals surface area contributed by atoms with Gasteiger partial charge in [-0.1, -0.05) is 71.7 Å². The van der Waals surface area contributed by atoms with Crippen LogP contribution >= 0.6 is 35.0 Å². The highest BCUT2D eigenvalue weighted by Crippen LogP contribution is 2.41. The number of benzene rings is 2. The number of amides is 1. The monoisotopic (exact) mass is 533 g/mol. The molecule has 1 aliphatic heterocycles. The van der Waals surface area contributed by atoms with E-state index in [-0.39, 0.29) is 35.3 Å². The van der Waals surface area contributed by atoms with Crippen molar-refractivity contribution in [2.45, 2.75) is 40.2 Å². The van der Waals surface area contributed by atoms with Crippen molar-refractivity contribution in [3.8, 4) is 5.75 Å². The summed E-state index contributed by atoms with van der Waals surface area (Å²) < 4.78 is 10.9. The number of esters is 1. The van der Waals surface area contributed by atoms with Crippen LogP contribution in [0.1, 0.15) is 43.4 Å². The first kappa shape index (κ1) is 26.9. The fourth-order valence-electron chi connectivity index (χ4n) is 3.17. The lowest BCUT2D eigenvalue weighted by molar-refractivity contribution is -0.138. The molecule has 0 aliphatic carbocycles. The number of carbonyl (C=O) groups excluding carboxylic acids is 2. The molecule has 0 spiro atoms. The Morgan fingerprint density at radius 1 is 1.11 bits per heavy atom. The Morgan fingerprint density at radius 2 is 1.77 bits per heavy atom. The van der Waals surface area contributed by atoms with Crippen LogP contribution in [-0.2, 0) is 20.9 Å². The van der Waals surface area contributed by atoms with Gasteiger partial charge in [0.05, 0.1) is 21.6 Å². The van der Waals surface area contributed by atoms with Crippen molar-refractivity contribution < 1.29 is 24.2 Å². The second-order valence-corrected chi connectivity index (χ2v) is 9.55. The van der Waals surface area contributed by atoms with Gasteiger partial charge in [-0.3, -0.25) is 4.79 Å². The highest BCUT2D eigenvalue weighted by Gasteiger charge is 2.33. The van der Waals surface area contributed by atoms with Gasteiger partial charge in [-0.05, 0) is 49.6 Å². The lowest BCUT2D eigenvalue weighted by Crippen LogP contribution is -2.14. The average Bonchev–Trinajstić information content (AvgIpc) is 3.09. The molecule has 0 saturated carbocycles. The number of aliphatic imine (C=N–C) groups is 1. The fourth-order valence-corrected chi connectivity index (χ4v) is 4.81. The van der Waals surface area contributed by atoms with Crippen LogP contribution in [0, 0.1) is 6.92 Å². The smallest absolute Gasteiger partial charge is 0.344 e. The molecule has 1 aliphatic rings. The van der Waals surface area contributed by atoms with Crippen molar-refractivity contribution >= 4 is 58.0 Å². The molecule has 0 saturated heterocycles. The Kier molecular flexibility index (Phi) is 9.43. The second kappa shape index (κ2) is 12.3. The molecule has 0 atom stereocenters. The molecule has 0 radical (unpaired) electrons. The molecule has 3 rings (SSSR count). The Balaban J connectivity index is 1.88. The lowest BCUT2D eigenvalue weighted by Gasteiger charge is -2.11. The van der Waals surface area contributed by atoms with Crippen molar-refractivity contribution in [1.82, 2.24) is 0 Å². The summed E-state index contributed by atoms with van der Waals surface area (Å²) in [6, 6.07) is 11.2. The largest absolute Gasteiger partial charge is 0.506 e. The van der Waals surface area contributed by atoms with Gasteiger partial charge in [0.2, 0.25) is 5.91 Å². The zero-order valence-corrected chi connectivity index (χ0v) is 21.9. The normalized spacial score (nSPS) is 15.7. The molecule has 2 aromatic rings. The quantitative estimate of drug-likeness (QED) is 0.365. The van der Waals surface area contributed by atoms with E-state index in [0.29, 0.717) is 39.3 Å². The van der Waals surface area contributed by atoms with Crippen LogP contribution in [0.5, 0.6) is 5.75 Å². The Morgan fingerprint density at radius 3 is 2.37 bits per heavy atom. The first-order valence-corrected chi connectivity index (χ1v) is 12.6. The third kappa shape index (κ3) is 6.90. The van der Waals surface area contributed by atoms with Crippen molar-refractivity contribution in [3.05, 3.63) is 79.4 Å². The van der Waals surface area contributed by atoms with E-state index in [0.717, 1.165) is 22.9 Å². The van der Waals surface area contributed by atoms with E-state index in [1.807, 2.05) is 38.1 Å². The summed E-state index contributed by atoms with van der Waals surface area (Å²) >= 11 is 13.9. The zero-order valence-electron chi connectivity index (χ0n) is 19.6. The van der Waals surface area contributed by atoms with Crippen LogP contribution in [0.4, 0.5) is 0 Å². The SMILES string of the molecule is CCCC(=O)N=C1S/C(=C\c2cc(Cl)c(OCc3ccc(C)cc3)c(Cl)c2)C(O)=C1C(=O)OCC. The molecule has 6 nitrogen and oxygen atoms in total. The number of rotatable bonds is 8. The summed E-state index contributed by atoms with van der Waals surface area (Å²) in [5.74, 6) is -1.11. The summed E-state index contributed by atoms with van der Waals surface area (Å²) in [5.41, 5.74) is 2.56. The van der Waals surface area contributed by atoms with Gasteiger partial charge >= 0.3 is 5.97 Å². The zero-order chi connectivity index (χ0) is 25.5. The highest BCUT2D eigenvalue weighted by molar-refractivity contribution is 8.18. The Hall–Kier alpha value is -2.74. The lowest BCUT2D eigenvalue weighted by atomic mass is 10.1. The van der Waals surface area contributed by atoms with Gasteiger partial charge < -0.3 is 14.6 Å². The molecule has 1 heterocycles. The van der Waals surface area contributed by atoms with Crippen molar-refractivity contribution in [1.29, 1.82) is 0 Å². The predicted molar refractivity (Wildman–Crippen MR) is 141 cm³/mol. The van der Waals surface area contributed by atoms with Gasteiger partial charge in [-0.15, -0.1) is 0 Å². The first-order valence-electron chi connectivity index (χ1n) is 11.0. The van der Waals surface area contributed by atoms with Crippen LogP contribution in [0.2, 0.25) is 10.0 Å². The topological polar surface area (TPSA) is 85.2 Å². The number of hydrogen-bond donors (Lipinski definition) is 1. The number of halogens is 2. The van der Waals surface area contributed by atoms with E-state index in [9.17, 15) is 14.7 Å². The molecule has 2 aromatic carbocycles. The number of hydrogen-bond acceptors (Lipinski definition) is 6. The maximum Gasteiger partial charge on any atom is 0.344 e. The molecular formula is C26H25Cl2NO5S. The maximum atomic E-state index is 12.4. The van der Waals surface area contributed by atoms with Crippen LogP contribution in [-0.4, -0.2) is 28.6 Å². The van der Waals surface area contributed by atoms with Crippen LogP contribution in [0.15, 0.2) is 57.6 Å². The standard InChI is InChI=1S/C26H25Cl2NO5S/c1-4-6-21(30)29-25-22(26(32)33-5-2)23(31)20(35-25)13-17-11-18(27)24(19(28)12-17)34-14-16-9-7-15(3)8-10-16/h7-13,31H,4-6,14H2,1-3H3/b20-13-,29-25?. The molecule has 0 bridgehead atoms. The summed E-state index contributed by atoms with van der Waals surface area (Å²) in [6.45, 7) is 5.93. The van der Waals surface area contributed by atoms with Crippen LogP contribution in [0.25, 0.3) is 6.08 Å². The number of aryl methyl sites for hydroxylation is 1. The van der Waals surface area contributed by atoms with Gasteiger partial charge in [-0.2, -0.15) is 0 Å². The van der Waals surface area contributed by atoms with E-state index < -0.39 is 5.97 Å². The molecule has 1 N–H and O–H groups in total. The van der Waals surface area contributed by atoms with E-state index in [1.165, 1.54) is 0 Å². The predicted octanol–water partition coefficient (Wildman–Crippen LogP) is 7.07. The maximum absolute atomic E-state index is 12.4. The molecule has 0 unspecified atom stereocenters. The summed E-state index contributed by atoms with van der Waals surface area (Å²) in [5, 5.41) is 11.4. The molecule has 0 aromatic heterocycles. The van der Waals surface area contributed by atoms with Crippen molar-refractivity contribution in [2.75, 3.05) is 6.61 Å². The molecule has 9 heteroatoms. The minimum Gasteiger partial charge on any atom is -0.506 e. The summed E-state index contributed by atoms with van der Waals surface area (Å²) in [4.78, 5) is 28.8. The van der Waals surface area contributed by atoms with E-state index in [2.05, 4.69) is 4.99 Å². The fraction of sp³-hybridized carbons (Fsp3) is 0.269. The number of aliphatic hydroxyl groups excluding tert-OH is 1. The highest BCUT2D eigenvalue weighted by atomic mass is 35.5. The number of aliphatic hydroxyl groups is 1. The number of carbonyl (C=O) groups is 2. The third-order valence-corrected chi connectivity index (χ3v) is 6.46.